The highest BCUT2D eigenvalue weighted by molar-refractivity contribution is 5.80. The lowest BCUT2D eigenvalue weighted by molar-refractivity contribution is -0.352. The van der Waals surface area contributed by atoms with Gasteiger partial charge in [0.15, 0.2) is 6.29 Å². The number of H-pyrrole nitrogens is 1. The number of fused-ring (bicyclic) bond motifs is 1. The van der Waals surface area contributed by atoms with E-state index in [1.807, 2.05) is 6.07 Å². The van der Waals surface area contributed by atoms with Crippen molar-refractivity contribution in [2.24, 2.45) is 0 Å². The van der Waals surface area contributed by atoms with Gasteiger partial charge in [-0.3, -0.25) is 0 Å². The van der Waals surface area contributed by atoms with Gasteiger partial charge in [-0.2, -0.15) is 0 Å². The molecule has 10 atom stereocenters. The van der Waals surface area contributed by atoms with Crippen LogP contribution in [0.5, 0.6) is 5.75 Å². The Balaban J connectivity index is 1.47. The second-order valence-electron chi connectivity index (χ2n) is 7.85. The second-order valence-corrected chi connectivity index (χ2v) is 7.85. The number of nitrogens with one attached hydrogen (secondary N) is 1. The van der Waals surface area contributed by atoms with Gasteiger partial charge in [0, 0.05) is 17.1 Å². The van der Waals surface area contributed by atoms with Crippen LogP contribution in [0.1, 0.15) is 0 Å². The summed E-state index contributed by atoms with van der Waals surface area (Å²) >= 11 is 0. The molecule has 32 heavy (non-hydrogen) atoms. The Morgan fingerprint density at radius 2 is 1.47 bits per heavy atom. The van der Waals surface area contributed by atoms with Gasteiger partial charge in [-0.05, 0) is 24.3 Å². The van der Waals surface area contributed by atoms with Gasteiger partial charge in [-0.25, -0.2) is 0 Å². The quantitative estimate of drug-likeness (QED) is 0.223. The van der Waals surface area contributed by atoms with Gasteiger partial charge in [0.2, 0.25) is 6.29 Å². The van der Waals surface area contributed by atoms with E-state index in [4.69, 9.17) is 18.9 Å². The highest BCUT2D eigenvalue weighted by Gasteiger charge is 2.51. The number of aromatic amines is 1. The molecule has 0 aliphatic carbocycles. The summed E-state index contributed by atoms with van der Waals surface area (Å²) in [6.45, 7) is -1.30. The van der Waals surface area contributed by atoms with Crippen molar-refractivity contribution in [2.75, 3.05) is 13.2 Å². The monoisotopic (exact) mass is 457 g/mol. The van der Waals surface area contributed by atoms with E-state index in [0.717, 1.165) is 10.9 Å². The van der Waals surface area contributed by atoms with Crippen molar-refractivity contribution in [3.05, 3.63) is 30.5 Å². The van der Waals surface area contributed by atoms with Gasteiger partial charge in [0.1, 0.15) is 54.6 Å². The van der Waals surface area contributed by atoms with Gasteiger partial charge < -0.3 is 59.7 Å². The third kappa shape index (κ3) is 4.34. The lowest BCUT2D eigenvalue weighted by Gasteiger charge is -2.45. The first kappa shape index (κ1) is 23.3. The van der Waals surface area contributed by atoms with Crippen LogP contribution in [0.3, 0.4) is 0 Å². The Hall–Kier alpha value is -1.84. The number of hydrogen-bond donors (Lipinski definition) is 8. The molecule has 2 aromatic rings. The molecule has 12 heteroatoms. The van der Waals surface area contributed by atoms with Gasteiger partial charge >= 0.3 is 0 Å². The molecule has 0 unspecified atom stereocenters. The average molecular weight is 457 g/mol. The molecule has 3 heterocycles. The summed E-state index contributed by atoms with van der Waals surface area (Å²) in [5.74, 6) is 0.360. The number of benzene rings is 1. The molecule has 0 saturated carbocycles. The number of hydrogen-bond acceptors (Lipinski definition) is 11. The number of rotatable bonds is 6. The second kappa shape index (κ2) is 9.57. The van der Waals surface area contributed by atoms with E-state index in [9.17, 15) is 35.7 Å². The van der Waals surface area contributed by atoms with Crippen LogP contribution in [0.4, 0.5) is 0 Å². The Bertz CT molecular complexity index is 889. The van der Waals surface area contributed by atoms with Crippen molar-refractivity contribution in [2.45, 2.75) is 61.4 Å². The van der Waals surface area contributed by atoms with Crippen LogP contribution in [-0.4, -0.2) is 115 Å². The van der Waals surface area contributed by atoms with Crippen LogP contribution in [0.15, 0.2) is 30.5 Å². The molecule has 12 nitrogen and oxygen atoms in total. The molecular formula is C20H27NO11. The first-order chi connectivity index (χ1) is 15.3. The number of aliphatic hydroxyl groups is 7. The first-order valence-electron chi connectivity index (χ1n) is 10.2. The van der Waals surface area contributed by atoms with E-state index in [1.165, 1.54) is 0 Å². The molecule has 1 aromatic heterocycles. The number of aromatic nitrogens is 1. The Kier molecular flexibility index (Phi) is 6.97. The number of aliphatic hydroxyl groups excluding tert-OH is 7. The fourth-order valence-corrected chi connectivity index (χ4v) is 3.89. The van der Waals surface area contributed by atoms with Crippen LogP contribution < -0.4 is 4.74 Å². The van der Waals surface area contributed by atoms with E-state index >= 15 is 0 Å². The number of ether oxygens (including phenoxy) is 4. The van der Waals surface area contributed by atoms with Crippen LogP contribution in [0.2, 0.25) is 0 Å². The summed E-state index contributed by atoms with van der Waals surface area (Å²) in [5, 5.41) is 71.1. The van der Waals surface area contributed by atoms with E-state index in [2.05, 4.69) is 4.98 Å². The average Bonchev–Trinajstić information content (AvgIpc) is 3.26. The smallest absolute Gasteiger partial charge is 0.229 e. The summed E-state index contributed by atoms with van der Waals surface area (Å²) in [6, 6.07) is 6.95. The summed E-state index contributed by atoms with van der Waals surface area (Å²) in [6.07, 6.45) is -13.2. The standard InChI is InChI=1S/C20H27NO11/c22-6-11-13(24)14(25)16(27)20(30-11)32-18-12(7-23)31-19(17(28)15(18)26)29-9-1-2-10-8(5-9)3-4-21-10/h1-5,11-28H,6-7H2/t11-,12-,13+,14+,15-,16-,17-,18+,19-,20-/m1/s1. The minimum atomic E-state index is -1.72. The summed E-state index contributed by atoms with van der Waals surface area (Å²) in [7, 11) is 0. The Morgan fingerprint density at radius 1 is 0.781 bits per heavy atom. The lowest BCUT2D eigenvalue weighted by atomic mass is 9.97. The predicted molar refractivity (Wildman–Crippen MR) is 105 cm³/mol. The normalized spacial score (nSPS) is 40.5. The fourth-order valence-electron chi connectivity index (χ4n) is 3.89. The Labute approximate surface area is 182 Å². The maximum absolute atomic E-state index is 10.6. The van der Waals surface area contributed by atoms with Crippen molar-refractivity contribution in [3.8, 4) is 5.75 Å². The predicted octanol–water partition coefficient (Wildman–Crippen LogP) is -2.83. The van der Waals surface area contributed by atoms with E-state index in [0.29, 0.717) is 5.75 Å². The molecule has 1 aromatic carbocycles. The lowest BCUT2D eigenvalue weighted by Crippen LogP contribution is -2.65. The van der Waals surface area contributed by atoms with Crippen molar-refractivity contribution in [1.82, 2.24) is 4.98 Å². The highest BCUT2D eigenvalue weighted by Crippen LogP contribution is 2.31. The molecule has 2 aliphatic rings. The molecule has 0 spiro atoms. The van der Waals surface area contributed by atoms with Crippen LogP contribution >= 0.6 is 0 Å². The van der Waals surface area contributed by atoms with Gasteiger partial charge in [-0.1, -0.05) is 0 Å². The molecule has 178 valence electrons. The molecule has 4 rings (SSSR count). The van der Waals surface area contributed by atoms with Crippen molar-refractivity contribution < 1.29 is 54.7 Å². The minimum Gasteiger partial charge on any atom is -0.462 e. The molecule has 0 amide bonds. The van der Waals surface area contributed by atoms with E-state index in [1.54, 1.807) is 24.4 Å². The van der Waals surface area contributed by atoms with Crippen LogP contribution in [0, 0.1) is 0 Å². The molecule has 2 aliphatic heterocycles. The molecule has 2 saturated heterocycles. The van der Waals surface area contributed by atoms with Crippen LogP contribution in [-0.2, 0) is 14.2 Å². The highest BCUT2D eigenvalue weighted by atomic mass is 16.7. The van der Waals surface area contributed by atoms with Crippen LogP contribution in [0.25, 0.3) is 10.9 Å². The zero-order valence-corrected chi connectivity index (χ0v) is 16.8. The van der Waals surface area contributed by atoms with Crippen molar-refractivity contribution >= 4 is 10.9 Å². The maximum atomic E-state index is 10.6. The van der Waals surface area contributed by atoms with E-state index in [-0.39, 0.29) is 0 Å². The summed E-state index contributed by atoms with van der Waals surface area (Å²) in [4.78, 5) is 3.04. The maximum Gasteiger partial charge on any atom is 0.229 e. The fraction of sp³-hybridized carbons (Fsp3) is 0.600. The molecular weight excluding hydrogens is 430 g/mol. The zero-order chi connectivity index (χ0) is 23.0. The summed E-state index contributed by atoms with van der Waals surface area (Å²) < 4.78 is 22.1. The van der Waals surface area contributed by atoms with Crippen molar-refractivity contribution in [3.63, 3.8) is 0 Å². The third-order valence-corrected chi connectivity index (χ3v) is 5.74. The molecule has 0 radical (unpaired) electrons. The van der Waals surface area contributed by atoms with E-state index < -0.39 is 74.6 Å². The molecule has 8 N–H and O–H groups in total. The first-order valence-corrected chi connectivity index (χ1v) is 10.2. The summed E-state index contributed by atoms with van der Waals surface area (Å²) in [5.41, 5.74) is 0.878. The van der Waals surface area contributed by atoms with Gasteiger partial charge in [0.25, 0.3) is 0 Å². The Morgan fingerprint density at radius 3 is 2.19 bits per heavy atom. The van der Waals surface area contributed by atoms with Crippen molar-refractivity contribution in [1.29, 1.82) is 0 Å². The molecule has 2 fully saturated rings. The SMILES string of the molecule is OC[C@H]1O[C@H](O[C@@H]2[C@H](O)[C@@H](O)[C@H](Oc3ccc4[nH]ccc4c3)O[C@@H]2CO)[C@H](O)[C@@H](O)[C@H]1O. The third-order valence-electron chi connectivity index (χ3n) is 5.74. The zero-order valence-electron chi connectivity index (χ0n) is 16.8. The van der Waals surface area contributed by atoms with Gasteiger partial charge in [0.05, 0.1) is 13.2 Å². The topological polar surface area (TPSA) is 194 Å². The molecule has 0 bridgehead atoms. The minimum absolute atomic E-state index is 0.360. The van der Waals surface area contributed by atoms with Gasteiger partial charge in [-0.15, -0.1) is 0 Å². The largest absolute Gasteiger partial charge is 0.462 e.